The number of alkyl carbamates (subject to hydrolysis) is 1. The molecule has 0 aliphatic carbocycles. The minimum Gasteiger partial charge on any atom is -0.444 e. The van der Waals surface area contributed by atoms with Gasteiger partial charge in [-0.25, -0.2) is 4.79 Å². The van der Waals surface area contributed by atoms with Crippen molar-refractivity contribution in [2.75, 3.05) is 13.2 Å². The van der Waals surface area contributed by atoms with E-state index in [1.54, 1.807) is 34.6 Å². The molecular weight excluding hydrogens is 322 g/mol. The standard InChI is InChI=1S/C19H29NO5/c1-6-23-13-16(21)17(20-18(22)25-19(3,4)5)14(2)24-12-15-10-8-7-9-11-15/h7-11,14,17H,6,12-13H2,1-5H3,(H,20,22). The zero-order valence-corrected chi connectivity index (χ0v) is 15.7. The molecule has 0 heterocycles. The molecule has 6 heteroatoms. The Morgan fingerprint density at radius 1 is 1.16 bits per heavy atom. The van der Waals surface area contributed by atoms with Gasteiger partial charge in [0.25, 0.3) is 0 Å². The van der Waals surface area contributed by atoms with Crippen LogP contribution >= 0.6 is 0 Å². The number of carbonyl (C=O) groups excluding carboxylic acids is 2. The van der Waals surface area contributed by atoms with Crippen LogP contribution in [0.3, 0.4) is 0 Å². The molecule has 2 atom stereocenters. The Labute approximate surface area is 149 Å². The topological polar surface area (TPSA) is 73.9 Å². The SMILES string of the molecule is CCOCC(=O)C(NC(=O)OC(C)(C)C)C(C)OCc1ccccc1. The van der Waals surface area contributed by atoms with Gasteiger partial charge in [-0.3, -0.25) is 4.79 Å². The van der Waals surface area contributed by atoms with E-state index < -0.39 is 23.8 Å². The van der Waals surface area contributed by atoms with E-state index in [1.807, 2.05) is 30.3 Å². The highest BCUT2D eigenvalue weighted by Crippen LogP contribution is 2.10. The van der Waals surface area contributed by atoms with Gasteiger partial charge >= 0.3 is 6.09 Å². The first-order valence-electron chi connectivity index (χ1n) is 8.48. The van der Waals surface area contributed by atoms with Gasteiger partial charge in [0, 0.05) is 6.61 Å². The lowest BCUT2D eigenvalue weighted by Crippen LogP contribution is -2.51. The predicted octanol–water partition coefficient (Wildman–Crippen LogP) is 3.09. The quantitative estimate of drug-likeness (QED) is 0.740. The fraction of sp³-hybridized carbons (Fsp3) is 0.579. The molecule has 1 aromatic rings. The van der Waals surface area contributed by atoms with Gasteiger partial charge in [0.15, 0.2) is 5.78 Å². The lowest BCUT2D eigenvalue weighted by Gasteiger charge is -2.26. The third kappa shape index (κ3) is 8.65. The van der Waals surface area contributed by atoms with Crippen LogP contribution in [0.2, 0.25) is 0 Å². The van der Waals surface area contributed by atoms with Crippen LogP contribution in [0, 0.1) is 0 Å². The van der Waals surface area contributed by atoms with Gasteiger partial charge in [-0.2, -0.15) is 0 Å². The minimum absolute atomic E-state index is 0.0873. The number of ether oxygens (including phenoxy) is 3. The van der Waals surface area contributed by atoms with Gasteiger partial charge in [-0.05, 0) is 40.2 Å². The number of hydrogen-bond donors (Lipinski definition) is 1. The summed E-state index contributed by atoms with van der Waals surface area (Å²) in [5.74, 6) is -0.256. The summed E-state index contributed by atoms with van der Waals surface area (Å²) in [6.45, 7) is 9.51. The molecule has 0 bridgehead atoms. The Morgan fingerprint density at radius 3 is 2.36 bits per heavy atom. The average Bonchev–Trinajstić information content (AvgIpc) is 2.54. The Hall–Kier alpha value is -1.92. The Kier molecular flexibility index (Phi) is 8.58. The molecule has 0 radical (unpaired) electrons. The van der Waals surface area contributed by atoms with Gasteiger partial charge in [0.1, 0.15) is 18.2 Å². The van der Waals surface area contributed by atoms with Crippen LogP contribution in [-0.2, 0) is 25.6 Å². The van der Waals surface area contributed by atoms with E-state index in [-0.39, 0.29) is 12.4 Å². The average molecular weight is 351 g/mol. The molecule has 25 heavy (non-hydrogen) atoms. The fourth-order valence-corrected chi connectivity index (χ4v) is 2.08. The van der Waals surface area contributed by atoms with Crippen molar-refractivity contribution in [2.24, 2.45) is 0 Å². The normalized spacial score (nSPS) is 13.8. The lowest BCUT2D eigenvalue weighted by atomic mass is 10.1. The zero-order chi connectivity index (χ0) is 18.9. The number of benzene rings is 1. The second-order valence-corrected chi connectivity index (χ2v) is 6.73. The summed E-state index contributed by atoms with van der Waals surface area (Å²) in [6.07, 6.45) is -1.18. The van der Waals surface area contributed by atoms with E-state index in [0.717, 1.165) is 5.56 Å². The monoisotopic (exact) mass is 351 g/mol. The molecule has 1 N–H and O–H groups in total. The molecule has 6 nitrogen and oxygen atoms in total. The number of nitrogens with one attached hydrogen (secondary N) is 1. The van der Waals surface area contributed by atoms with Crippen LogP contribution in [0.4, 0.5) is 4.79 Å². The molecular formula is C19H29NO5. The Bertz CT molecular complexity index is 538. The van der Waals surface area contributed by atoms with Crippen LogP contribution in [-0.4, -0.2) is 42.8 Å². The molecule has 1 aromatic carbocycles. The van der Waals surface area contributed by atoms with E-state index >= 15 is 0 Å². The molecule has 0 spiro atoms. The molecule has 0 aliphatic heterocycles. The van der Waals surface area contributed by atoms with E-state index in [2.05, 4.69) is 5.32 Å². The van der Waals surface area contributed by atoms with Crippen LogP contribution in [0.15, 0.2) is 30.3 Å². The molecule has 1 rings (SSSR count). The molecule has 0 aliphatic rings. The molecule has 0 saturated heterocycles. The maximum absolute atomic E-state index is 12.4. The van der Waals surface area contributed by atoms with Gasteiger partial charge in [0.2, 0.25) is 0 Å². The van der Waals surface area contributed by atoms with Crippen molar-refractivity contribution in [2.45, 2.75) is 59.0 Å². The van der Waals surface area contributed by atoms with Crippen LogP contribution in [0.1, 0.15) is 40.2 Å². The van der Waals surface area contributed by atoms with Crippen LogP contribution < -0.4 is 5.32 Å². The molecule has 0 fully saturated rings. The van der Waals surface area contributed by atoms with Gasteiger partial charge < -0.3 is 19.5 Å². The van der Waals surface area contributed by atoms with Gasteiger partial charge in [0.05, 0.1) is 12.7 Å². The first kappa shape index (κ1) is 21.1. The second-order valence-electron chi connectivity index (χ2n) is 6.73. The summed E-state index contributed by atoms with van der Waals surface area (Å²) in [7, 11) is 0. The second kappa shape index (κ2) is 10.2. The third-order valence-corrected chi connectivity index (χ3v) is 3.29. The highest BCUT2D eigenvalue weighted by atomic mass is 16.6. The molecule has 2 unspecified atom stereocenters. The summed E-state index contributed by atoms with van der Waals surface area (Å²) >= 11 is 0. The zero-order valence-electron chi connectivity index (χ0n) is 15.7. The maximum Gasteiger partial charge on any atom is 0.408 e. The Morgan fingerprint density at radius 2 is 1.80 bits per heavy atom. The van der Waals surface area contributed by atoms with Gasteiger partial charge in [-0.1, -0.05) is 30.3 Å². The first-order chi connectivity index (χ1) is 11.7. The summed E-state index contributed by atoms with van der Waals surface area (Å²) in [5.41, 5.74) is 0.341. The summed E-state index contributed by atoms with van der Waals surface area (Å²) in [5, 5.41) is 2.60. The van der Waals surface area contributed by atoms with E-state index in [9.17, 15) is 9.59 Å². The van der Waals surface area contributed by atoms with Crippen LogP contribution in [0.5, 0.6) is 0 Å². The van der Waals surface area contributed by atoms with Crippen molar-refractivity contribution >= 4 is 11.9 Å². The highest BCUT2D eigenvalue weighted by Gasteiger charge is 2.29. The highest BCUT2D eigenvalue weighted by molar-refractivity contribution is 5.89. The summed E-state index contributed by atoms with van der Waals surface area (Å²) in [6, 6.07) is 8.78. The summed E-state index contributed by atoms with van der Waals surface area (Å²) < 4.78 is 16.2. The number of hydrogen-bond acceptors (Lipinski definition) is 5. The fourth-order valence-electron chi connectivity index (χ4n) is 2.08. The van der Waals surface area contributed by atoms with Crippen molar-refractivity contribution < 1.29 is 23.8 Å². The van der Waals surface area contributed by atoms with E-state index in [0.29, 0.717) is 13.2 Å². The van der Waals surface area contributed by atoms with Crippen molar-refractivity contribution in [3.63, 3.8) is 0 Å². The molecule has 0 saturated carbocycles. The van der Waals surface area contributed by atoms with E-state index in [4.69, 9.17) is 14.2 Å². The van der Waals surface area contributed by atoms with Gasteiger partial charge in [-0.15, -0.1) is 0 Å². The molecule has 1 amide bonds. The predicted molar refractivity (Wildman–Crippen MR) is 95.4 cm³/mol. The first-order valence-corrected chi connectivity index (χ1v) is 8.48. The largest absolute Gasteiger partial charge is 0.444 e. The number of carbonyl (C=O) groups is 2. The van der Waals surface area contributed by atoms with Crippen molar-refractivity contribution in [3.8, 4) is 0 Å². The number of Topliss-reactive ketones (excluding diaryl/α,β-unsaturated/α-hetero) is 1. The molecule has 140 valence electrons. The van der Waals surface area contributed by atoms with Crippen molar-refractivity contribution in [1.82, 2.24) is 5.32 Å². The van der Waals surface area contributed by atoms with Crippen molar-refractivity contribution in [3.05, 3.63) is 35.9 Å². The number of ketones is 1. The Balaban J connectivity index is 2.71. The number of amides is 1. The smallest absolute Gasteiger partial charge is 0.408 e. The minimum atomic E-state index is -0.842. The van der Waals surface area contributed by atoms with E-state index in [1.165, 1.54) is 0 Å². The lowest BCUT2D eigenvalue weighted by molar-refractivity contribution is -0.129. The number of rotatable bonds is 9. The maximum atomic E-state index is 12.4. The summed E-state index contributed by atoms with van der Waals surface area (Å²) in [4.78, 5) is 24.4. The van der Waals surface area contributed by atoms with Crippen LogP contribution in [0.25, 0.3) is 0 Å². The third-order valence-electron chi connectivity index (χ3n) is 3.29. The molecule has 0 aromatic heterocycles. The van der Waals surface area contributed by atoms with Crippen molar-refractivity contribution in [1.29, 1.82) is 0 Å².